The van der Waals surface area contributed by atoms with Crippen LogP contribution < -0.4 is 10.2 Å². The van der Waals surface area contributed by atoms with Crippen LogP contribution in [0, 0.1) is 15.2 Å². The van der Waals surface area contributed by atoms with E-state index < -0.39 is 79.3 Å². The van der Waals surface area contributed by atoms with E-state index in [9.17, 15) is 57.9 Å². The number of carbonyl (C=O) groups excluding carboxylic acids is 2. The minimum atomic E-state index is -6.69. The van der Waals surface area contributed by atoms with E-state index in [1.165, 1.54) is 5.32 Å². The van der Waals surface area contributed by atoms with E-state index in [1.807, 2.05) is 0 Å². The third kappa shape index (κ3) is 6.00. The Morgan fingerprint density at radius 1 is 0.762 bits per heavy atom. The van der Waals surface area contributed by atoms with E-state index in [4.69, 9.17) is 0 Å². The van der Waals surface area contributed by atoms with Crippen LogP contribution in [0.5, 0.6) is 0 Å². The third-order valence-electron chi connectivity index (χ3n) is 5.82. The molecule has 3 rings (SSSR count). The first-order valence-corrected chi connectivity index (χ1v) is 12.1. The van der Waals surface area contributed by atoms with Gasteiger partial charge in [0.1, 0.15) is 5.82 Å². The van der Waals surface area contributed by atoms with E-state index in [1.54, 1.807) is 0 Å². The van der Waals surface area contributed by atoms with Crippen LogP contribution >= 0.6 is 22.6 Å². The predicted molar refractivity (Wildman–Crippen MR) is 133 cm³/mol. The van der Waals surface area contributed by atoms with Gasteiger partial charge >= 0.3 is 24.2 Å². The molecule has 3 aromatic rings. The van der Waals surface area contributed by atoms with Crippen LogP contribution in [0.15, 0.2) is 54.6 Å². The highest BCUT2D eigenvalue weighted by molar-refractivity contribution is 14.1. The molecular weight excluding hydrogens is 715 g/mol. The van der Waals surface area contributed by atoms with Gasteiger partial charge in [0.15, 0.2) is 5.82 Å². The van der Waals surface area contributed by atoms with Crippen molar-refractivity contribution in [3.8, 4) is 0 Å². The summed E-state index contributed by atoms with van der Waals surface area (Å²) in [5.74, 6) is -4.95. The quantitative estimate of drug-likeness (QED) is 0.212. The molecule has 0 aliphatic rings. The molecule has 226 valence electrons. The van der Waals surface area contributed by atoms with Crippen LogP contribution in [0.25, 0.3) is 0 Å². The number of hydrogen-bond acceptors (Lipinski definition) is 2. The molecule has 0 saturated heterocycles. The normalized spacial score (nSPS) is 12.7. The number of alkyl halides is 10. The molecule has 0 bridgehead atoms. The molecule has 0 saturated carbocycles. The number of carbonyl (C=O) groups is 2. The summed E-state index contributed by atoms with van der Waals surface area (Å²) in [6.45, 7) is 0. The lowest BCUT2D eigenvalue weighted by Crippen LogP contribution is -2.51. The molecule has 4 nitrogen and oxygen atoms in total. The van der Waals surface area contributed by atoms with Gasteiger partial charge in [0, 0.05) is 21.7 Å². The fraction of sp³-hybridized carbons (Fsp3) is 0.200. The minimum absolute atomic E-state index is 0.140. The Balaban J connectivity index is 2.12. The number of rotatable bonds is 5. The van der Waals surface area contributed by atoms with Gasteiger partial charge in [0.2, 0.25) is 0 Å². The Morgan fingerprint density at radius 3 is 1.79 bits per heavy atom. The molecule has 0 spiro atoms. The molecule has 17 heteroatoms. The number of nitrogens with one attached hydrogen (secondary N) is 1. The molecule has 42 heavy (non-hydrogen) atoms. The van der Waals surface area contributed by atoms with E-state index in [2.05, 4.69) is 0 Å². The first-order chi connectivity index (χ1) is 19.1. The molecule has 1 N–H and O–H groups in total. The number of halogens is 13. The molecule has 0 radical (unpaired) electrons. The lowest BCUT2D eigenvalue weighted by atomic mass is 9.92. The fourth-order valence-corrected chi connectivity index (χ4v) is 4.67. The average Bonchev–Trinajstić information content (AvgIpc) is 2.87. The molecule has 0 aliphatic carbocycles. The Hall–Kier alpha value is -3.51. The smallest absolute Gasteiger partial charge is 0.320 e. The lowest BCUT2D eigenvalue weighted by Gasteiger charge is -2.32. The summed E-state index contributed by atoms with van der Waals surface area (Å²) in [7, 11) is 1.02. The van der Waals surface area contributed by atoms with Crippen LogP contribution in [0.3, 0.4) is 0 Å². The Labute approximate surface area is 241 Å². The van der Waals surface area contributed by atoms with Gasteiger partial charge in [-0.3, -0.25) is 9.59 Å². The zero-order valence-electron chi connectivity index (χ0n) is 20.4. The minimum Gasteiger partial charge on any atom is -0.320 e. The zero-order valence-corrected chi connectivity index (χ0v) is 22.5. The summed E-state index contributed by atoms with van der Waals surface area (Å²) in [4.78, 5) is 26.2. The van der Waals surface area contributed by atoms with Crippen LogP contribution in [0.2, 0.25) is 0 Å². The van der Waals surface area contributed by atoms with Crippen LogP contribution in [-0.2, 0) is 11.8 Å². The number of anilines is 2. The zero-order chi connectivity index (χ0) is 32.0. The molecular formula is C25H13F12IN2O2. The molecule has 0 unspecified atom stereocenters. The lowest BCUT2D eigenvalue weighted by molar-refractivity contribution is -0.348. The van der Waals surface area contributed by atoms with E-state index >= 15 is 4.39 Å². The monoisotopic (exact) mass is 728 g/mol. The van der Waals surface area contributed by atoms with Gasteiger partial charge in [-0.15, -0.1) is 0 Å². The molecule has 0 aromatic heterocycles. The fourth-order valence-electron chi connectivity index (χ4n) is 3.70. The Kier molecular flexibility index (Phi) is 8.87. The molecule has 0 fully saturated rings. The second-order valence-corrected chi connectivity index (χ2v) is 9.54. The van der Waals surface area contributed by atoms with Crippen LogP contribution in [-0.4, -0.2) is 31.2 Å². The summed E-state index contributed by atoms with van der Waals surface area (Å²) in [6, 6.07) is 5.89. The van der Waals surface area contributed by atoms with Crippen LogP contribution in [0.4, 0.5) is 64.1 Å². The molecule has 3 aromatic carbocycles. The standard InChI is InChI=1S/C25H13F12IN2O2/c1-40(21(42)11-5-7-12(26)8-6-11)16-4-2-3-13(17(16)27)20(41)39-19-15(23(29,30)31)10-9-14(18(19)38)22(28,24(32,33)34)25(35,36)37/h2-10H,1H3,(H,39,41). The van der Waals surface area contributed by atoms with E-state index in [0.29, 0.717) is 33.6 Å². The maximum Gasteiger partial charge on any atom is 0.435 e. The molecule has 2 amide bonds. The Morgan fingerprint density at radius 2 is 1.29 bits per heavy atom. The SMILES string of the molecule is CN(C(=O)c1ccc(F)cc1)c1cccc(C(=O)Nc2c(C(F)(F)F)ccc(C(F)(C(F)(F)F)C(F)(F)F)c2I)c1F. The second-order valence-electron chi connectivity index (χ2n) is 8.47. The number of amides is 2. The van der Waals surface area contributed by atoms with Gasteiger partial charge in [-0.1, -0.05) is 12.1 Å². The van der Waals surface area contributed by atoms with Crippen molar-refractivity contribution in [2.45, 2.75) is 24.2 Å². The van der Waals surface area contributed by atoms with Crippen LogP contribution in [0.1, 0.15) is 31.8 Å². The first kappa shape index (κ1) is 33.0. The highest BCUT2D eigenvalue weighted by Gasteiger charge is 2.74. The van der Waals surface area contributed by atoms with E-state index in [-0.39, 0.29) is 17.7 Å². The van der Waals surface area contributed by atoms with Gasteiger partial charge < -0.3 is 10.2 Å². The van der Waals surface area contributed by atoms with Crippen molar-refractivity contribution in [2.24, 2.45) is 0 Å². The van der Waals surface area contributed by atoms with Gasteiger partial charge in [-0.25, -0.2) is 13.2 Å². The van der Waals surface area contributed by atoms with Gasteiger partial charge in [0.05, 0.1) is 22.5 Å². The predicted octanol–water partition coefficient (Wildman–Crippen LogP) is 8.41. The second kappa shape index (κ2) is 11.3. The average molecular weight is 728 g/mol. The largest absolute Gasteiger partial charge is 0.435 e. The topological polar surface area (TPSA) is 49.4 Å². The Bertz CT molecular complexity index is 1500. The van der Waals surface area contributed by atoms with Crippen molar-refractivity contribution >= 4 is 45.8 Å². The van der Waals surface area contributed by atoms with Crippen molar-refractivity contribution in [3.63, 3.8) is 0 Å². The summed E-state index contributed by atoms with van der Waals surface area (Å²) in [5.41, 5.74) is -14.0. The van der Waals surface area contributed by atoms with Gasteiger partial charge in [-0.2, -0.15) is 39.5 Å². The first-order valence-electron chi connectivity index (χ1n) is 11.0. The number of benzene rings is 3. The van der Waals surface area contributed by atoms with E-state index in [0.717, 1.165) is 43.4 Å². The summed E-state index contributed by atoms with van der Waals surface area (Å²) >= 11 is 0.580. The van der Waals surface area contributed by atoms with Crippen molar-refractivity contribution in [2.75, 3.05) is 17.3 Å². The van der Waals surface area contributed by atoms with Crippen molar-refractivity contribution < 1.29 is 62.3 Å². The summed E-state index contributed by atoms with van der Waals surface area (Å²) < 4.78 is 163. The molecule has 0 atom stereocenters. The molecule has 0 aliphatic heterocycles. The number of hydrogen-bond donors (Lipinski definition) is 1. The summed E-state index contributed by atoms with van der Waals surface area (Å²) in [6.07, 6.45) is -18.9. The third-order valence-corrected chi connectivity index (χ3v) is 6.94. The van der Waals surface area contributed by atoms with Crippen molar-refractivity contribution in [1.82, 2.24) is 0 Å². The summed E-state index contributed by atoms with van der Waals surface area (Å²) in [5, 5.41) is 1.44. The highest BCUT2D eigenvalue weighted by atomic mass is 127. The number of nitrogens with zero attached hydrogens (tertiary/aromatic N) is 1. The van der Waals surface area contributed by atoms with Crippen molar-refractivity contribution in [3.05, 3.63) is 92.1 Å². The maximum atomic E-state index is 15.3. The maximum absolute atomic E-state index is 15.3. The van der Waals surface area contributed by atoms with Gasteiger partial charge in [0.25, 0.3) is 11.8 Å². The highest BCUT2D eigenvalue weighted by Crippen LogP contribution is 2.55. The molecule has 0 heterocycles. The van der Waals surface area contributed by atoms with Crippen molar-refractivity contribution in [1.29, 1.82) is 0 Å². The van der Waals surface area contributed by atoms with Gasteiger partial charge in [-0.05, 0) is 65.1 Å².